The van der Waals surface area contributed by atoms with E-state index in [1.807, 2.05) is 50.2 Å². The number of hydrogen-bond donors (Lipinski definition) is 1. The van der Waals surface area contributed by atoms with Crippen LogP contribution in [0.4, 0.5) is 10.8 Å². The first-order chi connectivity index (χ1) is 12.2. The molecule has 0 fully saturated rings. The number of benzene rings is 1. The summed E-state index contributed by atoms with van der Waals surface area (Å²) < 4.78 is 0. The van der Waals surface area contributed by atoms with Gasteiger partial charge in [0.05, 0.1) is 0 Å². The Bertz CT molecular complexity index is 847. The average Bonchev–Trinajstić information content (AvgIpc) is 3.08. The fourth-order valence-corrected chi connectivity index (χ4v) is 3.18. The summed E-state index contributed by atoms with van der Waals surface area (Å²) in [5.74, 6) is -0.0622. The highest BCUT2D eigenvalue weighted by molar-refractivity contribution is 7.14. The maximum Gasteiger partial charge on any atom is 0.273 e. The molecule has 0 saturated carbocycles. The van der Waals surface area contributed by atoms with Gasteiger partial charge in [0.1, 0.15) is 5.69 Å². The van der Waals surface area contributed by atoms with Crippen molar-refractivity contribution in [2.45, 2.75) is 20.4 Å². The van der Waals surface area contributed by atoms with E-state index in [0.29, 0.717) is 23.9 Å². The van der Waals surface area contributed by atoms with Crippen LogP contribution in [-0.4, -0.2) is 27.3 Å². The van der Waals surface area contributed by atoms with Crippen LogP contribution in [0.25, 0.3) is 0 Å². The summed E-state index contributed by atoms with van der Waals surface area (Å²) in [7, 11) is 0. The van der Waals surface area contributed by atoms with Crippen molar-refractivity contribution in [2.24, 2.45) is 0 Å². The lowest BCUT2D eigenvalue weighted by molar-refractivity contribution is 0.0747. The van der Waals surface area contributed by atoms with E-state index >= 15 is 0 Å². The van der Waals surface area contributed by atoms with Crippen LogP contribution in [-0.2, 0) is 6.54 Å². The SMILES string of the molecule is CCN(Cc1ccncc1)C(=O)c1csc(Nc2cccc(C)c2)n1. The third kappa shape index (κ3) is 4.42. The van der Waals surface area contributed by atoms with Crippen LogP contribution in [0.15, 0.2) is 54.2 Å². The minimum absolute atomic E-state index is 0.0622. The van der Waals surface area contributed by atoms with E-state index in [9.17, 15) is 4.79 Å². The molecule has 0 saturated heterocycles. The zero-order chi connectivity index (χ0) is 17.6. The molecule has 3 rings (SSSR count). The van der Waals surface area contributed by atoms with Crippen molar-refractivity contribution >= 4 is 28.1 Å². The van der Waals surface area contributed by atoms with Crippen LogP contribution in [0.3, 0.4) is 0 Å². The lowest BCUT2D eigenvalue weighted by Gasteiger charge is -2.19. The molecule has 2 aromatic heterocycles. The standard InChI is InChI=1S/C19H20N4OS/c1-3-23(12-15-7-9-20-10-8-15)18(24)17-13-25-19(22-17)21-16-6-4-5-14(2)11-16/h4-11,13H,3,12H2,1-2H3,(H,21,22). The summed E-state index contributed by atoms with van der Waals surface area (Å²) in [6, 6.07) is 11.9. The van der Waals surface area contributed by atoms with Crippen LogP contribution >= 0.6 is 11.3 Å². The first-order valence-electron chi connectivity index (χ1n) is 8.13. The van der Waals surface area contributed by atoms with Crippen LogP contribution in [0.2, 0.25) is 0 Å². The minimum atomic E-state index is -0.0622. The molecule has 2 heterocycles. The van der Waals surface area contributed by atoms with Gasteiger partial charge in [0, 0.05) is 36.6 Å². The number of rotatable bonds is 6. The molecule has 0 radical (unpaired) electrons. The molecule has 0 aliphatic rings. The van der Waals surface area contributed by atoms with Gasteiger partial charge in [-0.05, 0) is 49.2 Å². The molecule has 1 amide bonds. The zero-order valence-electron chi connectivity index (χ0n) is 14.3. The van der Waals surface area contributed by atoms with Crippen LogP contribution in [0, 0.1) is 6.92 Å². The van der Waals surface area contributed by atoms with Gasteiger partial charge >= 0.3 is 0 Å². The number of thiazole rings is 1. The predicted molar refractivity (Wildman–Crippen MR) is 101 cm³/mol. The van der Waals surface area contributed by atoms with Crippen LogP contribution < -0.4 is 5.32 Å². The number of amides is 1. The molecule has 0 aliphatic heterocycles. The Labute approximate surface area is 151 Å². The maximum absolute atomic E-state index is 12.7. The summed E-state index contributed by atoms with van der Waals surface area (Å²) in [5.41, 5.74) is 3.67. The Morgan fingerprint density at radius 3 is 2.76 bits per heavy atom. The Hall–Kier alpha value is -2.73. The number of aromatic nitrogens is 2. The highest BCUT2D eigenvalue weighted by Gasteiger charge is 2.18. The van der Waals surface area contributed by atoms with Gasteiger partial charge in [-0.3, -0.25) is 9.78 Å². The molecule has 3 aromatic rings. The van der Waals surface area contributed by atoms with E-state index in [-0.39, 0.29) is 5.91 Å². The lowest BCUT2D eigenvalue weighted by Crippen LogP contribution is -2.30. The van der Waals surface area contributed by atoms with E-state index in [4.69, 9.17) is 0 Å². The van der Waals surface area contributed by atoms with Gasteiger partial charge in [0.2, 0.25) is 0 Å². The van der Waals surface area contributed by atoms with Gasteiger partial charge < -0.3 is 10.2 Å². The molecule has 5 nitrogen and oxygen atoms in total. The first kappa shape index (κ1) is 17.1. The second-order valence-electron chi connectivity index (χ2n) is 5.71. The topological polar surface area (TPSA) is 58.1 Å². The third-order valence-corrected chi connectivity index (χ3v) is 4.54. The van der Waals surface area contributed by atoms with Crippen molar-refractivity contribution in [2.75, 3.05) is 11.9 Å². The number of pyridine rings is 1. The van der Waals surface area contributed by atoms with E-state index < -0.39 is 0 Å². The van der Waals surface area contributed by atoms with Crippen molar-refractivity contribution in [1.82, 2.24) is 14.9 Å². The van der Waals surface area contributed by atoms with Gasteiger partial charge in [-0.15, -0.1) is 11.3 Å². The largest absolute Gasteiger partial charge is 0.333 e. The normalized spacial score (nSPS) is 10.5. The van der Waals surface area contributed by atoms with Crippen LogP contribution in [0.5, 0.6) is 0 Å². The third-order valence-electron chi connectivity index (χ3n) is 3.78. The Balaban J connectivity index is 1.70. The molecule has 1 aromatic carbocycles. The highest BCUT2D eigenvalue weighted by atomic mass is 32.1. The van der Waals surface area contributed by atoms with Crippen molar-refractivity contribution in [1.29, 1.82) is 0 Å². The molecular weight excluding hydrogens is 332 g/mol. The molecule has 0 unspecified atom stereocenters. The maximum atomic E-state index is 12.7. The molecule has 25 heavy (non-hydrogen) atoms. The number of anilines is 2. The number of hydrogen-bond acceptors (Lipinski definition) is 5. The molecular formula is C19H20N4OS. The Kier molecular flexibility index (Phi) is 5.40. The molecule has 0 spiro atoms. The van der Waals surface area contributed by atoms with Crippen molar-refractivity contribution < 1.29 is 4.79 Å². The summed E-state index contributed by atoms with van der Waals surface area (Å²) >= 11 is 1.43. The monoisotopic (exact) mass is 352 g/mol. The predicted octanol–water partition coefficient (Wildman–Crippen LogP) is 4.25. The quantitative estimate of drug-likeness (QED) is 0.720. The molecule has 0 bridgehead atoms. The second-order valence-corrected chi connectivity index (χ2v) is 6.57. The van der Waals surface area contributed by atoms with E-state index in [2.05, 4.69) is 15.3 Å². The summed E-state index contributed by atoms with van der Waals surface area (Å²) in [5, 5.41) is 5.77. The van der Waals surface area contributed by atoms with Gasteiger partial charge in [0.15, 0.2) is 5.13 Å². The van der Waals surface area contributed by atoms with E-state index in [1.54, 1.807) is 22.7 Å². The fourth-order valence-electron chi connectivity index (χ4n) is 2.47. The number of nitrogens with zero attached hydrogens (tertiary/aromatic N) is 3. The minimum Gasteiger partial charge on any atom is -0.333 e. The fraction of sp³-hybridized carbons (Fsp3) is 0.211. The molecule has 6 heteroatoms. The van der Waals surface area contributed by atoms with Crippen molar-refractivity contribution in [3.63, 3.8) is 0 Å². The van der Waals surface area contributed by atoms with Crippen molar-refractivity contribution in [3.05, 3.63) is 71.0 Å². The van der Waals surface area contributed by atoms with Crippen molar-refractivity contribution in [3.8, 4) is 0 Å². The average molecular weight is 352 g/mol. The van der Waals surface area contributed by atoms with Gasteiger partial charge in [-0.25, -0.2) is 4.98 Å². The summed E-state index contributed by atoms with van der Waals surface area (Å²) in [6.45, 7) is 5.19. The van der Waals surface area contributed by atoms with E-state index in [1.165, 1.54) is 16.9 Å². The number of nitrogens with one attached hydrogen (secondary N) is 1. The first-order valence-corrected chi connectivity index (χ1v) is 9.01. The molecule has 0 aliphatic carbocycles. The second kappa shape index (κ2) is 7.90. The zero-order valence-corrected chi connectivity index (χ0v) is 15.1. The highest BCUT2D eigenvalue weighted by Crippen LogP contribution is 2.22. The van der Waals surface area contributed by atoms with Gasteiger partial charge in [-0.2, -0.15) is 0 Å². The smallest absolute Gasteiger partial charge is 0.273 e. The number of aryl methyl sites for hydroxylation is 1. The lowest BCUT2D eigenvalue weighted by atomic mass is 10.2. The molecule has 0 atom stereocenters. The number of carbonyl (C=O) groups excluding carboxylic acids is 1. The molecule has 1 N–H and O–H groups in total. The summed E-state index contributed by atoms with van der Waals surface area (Å²) in [6.07, 6.45) is 3.47. The van der Waals surface area contributed by atoms with Gasteiger partial charge in [0.25, 0.3) is 5.91 Å². The Morgan fingerprint density at radius 2 is 2.04 bits per heavy atom. The van der Waals surface area contributed by atoms with Gasteiger partial charge in [-0.1, -0.05) is 12.1 Å². The Morgan fingerprint density at radius 1 is 1.24 bits per heavy atom. The van der Waals surface area contributed by atoms with E-state index in [0.717, 1.165) is 11.3 Å². The molecule has 128 valence electrons. The van der Waals surface area contributed by atoms with Crippen LogP contribution in [0.1, 0.15) is 28.5 Å². The number of carbonyl (C=O) groups is 1. The summed E-state index contributed by atoms with van der Waals surface area (Å²) in [4.78, 5) is 23.0.